The summed E-state index contributed by atoms with van der Waals surface area (Å²) in [6.07, 6.45) is 0. The second-order valence-electron chi connectivity index (χ2n) is 7.65. The van der Waals surface area contributed by atoms with Crippen LogP contribution in [0.4, 0.5) is 17.1 Å². The zero-order valence-electron chi connectivity index (χ0n) is 18.5. The fraction of sp³-hybridized carbons (Fsp3) is 0.115. The lowest BCUT2D eigenvalue weighted by Gasteiger charge is -2.16. The van der Waals surface area contributed by atoms with Gasteiger partial charge in [-0.15, -0.1) is 0 Å². The lowest BCUT2D eigenvalue weighted by atomic mass is 10.0. The SMILES string of the molecule is COc1cccc(NC2=C(c3ccc(C)cc3)C(=O)N(c3ccc(NC(C)=O)cc3)C2=O)c1. The first kappa shape index (κ1) is 21.8. The van der Waals surface area contributed by atoms with E-state index in [0.717, 1.165) is 10.5 Å². The molecule has 0 atom stereocenters. The first-order chi connectivity index (χ1) is 15.9. The van der Waals surface area contributed by atoms with E-state index in [2.05, 4.69) is 10.6 Å². The molecule has 0 saturated carbocycles. The van der Waals surface area contributed by atoms with Crippen LogP contribution in [0.5, 0.6) is 5.75 Å². The van der Waals surface area contributed by atoms with E-state index in [0.29, 0.717) is 28.4 Å². The molecule has 4 rings (SSSR count). The number of carbonyl (C=O) groups excluding carboxylic acids is 3. The lowest BCUT2D eigenvalue weighted by Crippen LogP contribution is -2.32. The van der Waals surface area contributed by atoms with E-state index in [1.165, 1.54) is 6.92 Å². The Morgan fingerprint density at radius 2 is 1.58 bits per heavy atom. The molecule has 166 valence electrons. The van der Waals surface area contributed by atoms with Crippen molar-refractivity contribution in [2.45, 2.75) is 13.8 Å². The van der Waals surface area contributed by atoms with Gasteiger partial charge in [-0.2, -0.15) is 0 Å². The Hall–Kier alpha value is -4.39. The maximum atomic E-state index is 13.5. The average molecular weight is 441 g/mol. The minimum atomic E-state index is -0.467. The van der Waals surface area contributed by atoms with Gasteiger partial charge in [0.25, 0.3) is 11.8 Å². The van der Waals surface area contributed by atoms with Gasteiger partial charge in [-0.05, 0) is 48.9 Å². The number of aryl methyl sites for hydroxylation is 1. The van der Waals surface area contributed by atoms with Crippen LogP contribution in [-0.2, 0) is 14.4 Å². The number of nitrogens with one attached hydrogen (secondary N) is 2. The lowest BCUT2D eigenvalue weighted by molar-refractivity contribution is -0.120. The van der Waals surface area contributed by atoms with Crippen molar-refractivity contribution in [3.63, 3.8) is 0 Å². The van der Waals surface area contributed by atoms with Crippen LogP contribution in [0.25, 0.3) is 5.57 Å². The number of carbonyl (C=O) groups is 3. The summed E-state index contributed by atoms with van der Waals surface area (Å²) in [5, 5.41) is 5.80. The van der Waals surface area contributed by atoms with Gasteiger partial charge in [0.05, 0.1) is 18.4 Å². The van der Waals surface area contributed by atoms with Crippen molar-refractivity contribution >= 4 is 40.4 Å². The van der Waals surface area contributed by atoms with Crippen molar-refractivity contribution < 1.29 is 19.1 Å². The van der Waals surface area contributed by atoms with Gasteiger partial charge in [-0.3, -0.25) is 14.4 Å². The van der Waals surface area contributed by atoms with Gasteiger partial charge < -0.3 is 15.4 Å². The van der Waals surface area contributed by atoms with Gasteiger partial charge in [0.15, 0.2) is 0 Å². The Kier molecular flexibility index (Phi) is 5.95. The van der Waals surface area contributed by atoms with Crippen molar-refractivity contribution in [3.8, 4) is 5.75 Å². The summed E-state index contributed by atoms with van der Waals surface area (Å²) in [5.41, 5.74) is 3.76. The molecule has 7 heteroatoms. The van der Waals surface area contributed by atoms with Crippen molar-refractivity contribution in [2.24, 2.45) is 0 Å². The molecule has 1 heterocycles. The normalized spacial score (nSPS) is 13.4. The number of ether oxygens (including phenoxy) is 1. The third kappa shape index (κ3) is 4.48. The summed E-state index contributed by atoms with van der Waals surface area (Å²) in [4.78, 5) is 39.4. The van der Waals surface area contributed by atoms with Crippen LogP contribution in [0.15, 0.2) is 78.5 Å². The molecule has 0 bridgehead atoms. The first-order valence-corrected chi connectivity index (χ1v) is 10.4. The molecule has 7 nitrogen and oxygen atoms in total. The van der Waals surface area contributed by atoms with E-state index in [4.69, 9.17) is 4.74 Å². The number of nitrogens with zero attached hydrogens (tertiary/aromatic N) is 1. The quantitative estimate of drug-likeness (QED) is 0.555. The Bertz CT molecular complexity index is 1260. The Balaban J connectivity index is 1.75. The molecule has 0 unspecified atom stereocenters. The summed E-state index contributed by atoms with van der Waals surface area (Å²) in [5.74, 6) is -0.476. The third-order valence-corrected chi connectivity index (χ3v) is 5.21. The molecule has 3 aromatic carbocycles. The van der Waals surface area contributed by atoms with Gasteiger partial charge in [-0.25, -0.2) is 4.90 Å². The largest absolute Gasteiger partial charge is 0.497 e. The molecule has 2 N–H and O–H groups in total. The summed E-state index contributed by atoms with van der Waals surface area (Å²) < 4.78 is 5.27. The van der Waals surface area contributed by atoms with Crippen LogP contribution >= 0.6 is 0 Å². The average Bonchev–Trinajstić information content (AvgIpc) is 3.04. The van der Waals surface area contributed by atoms with Gasteiger partial charge in [0, 0.05) is 24.4 Å². The minimum absolute atomic E-state index is 0.183. The summed E-state index contributed by atoms with van der Waals surface area (Å²) in [6, 6.07) is 21.1. The second-order valence-corrected chi connectivity index (χ2v) is 7.65. The number of hydrogen-bond donors (Lipinski definition) is 2. The van der Waals surface area contributed by atoms with E-state index >= 15 is 0 Å². The third-order valence-electron chi connectivity index (χ3n) is 5.21. The van der Waals surface area contributed by atoms with E-state index in [9.17, 15) is 14.4 Å². The Labute approximate surface area is 191 Å². The standard InChI is InChI=1S/C26H23N3O4/c1-16-7-9-18(10-8-16)23-24(28-20-5-4-6-22(15-20)33-3)26(32)29(25(23)31)21-13-11-19(12-14-21)27-17(2)30/h4-15,28H,1-3H3,(H,27,30). The Morgan fingerprint density at radius 1 is 0.879 bits per heavy atom. The number of rotatable bonds is 6. The maximum Gasteiger partial charge on any atom is 0.282 e. The summed E-state index contributed by atoms with van der Waals surface area (Å²) in [6.45, 7) is 3.37. The van der Waals surface area contributed by atoms with Crippen LogP contribution in [0.2, 0.25) is 0 Å². The highest BCUT2D eigenvalue weighted by Gasteiger charge is 2.40. The number of benzene rings is 3. The second kappa shape index (κ2) is 9.00. The predicted octanol–water partition coefficient (Wildman–Crippen LogP) is 4.36. The summed E-state index contributed by atoms with van der Waals surface area (Å²) >= 11 is 0. The van der Waals surface area contributed by atoms with Crippen LogP contribution in [0, 0.1) is 6.92 Å². The van der Waals surface area contributed by atoms with E-state index in [1.54, 1.807) is 55.6 Å². The number of hydrogen-bond acceptors (Lipinski definition) is 5. The van der Waals surface area contributed by atoms with Crippen LogP contribution < -0.4 is 20.3 Å². The molecule has 0 fully saturated rings. The zero-order valence-corrected chi connectivity index (χ0v) is 18.5. The van der Waals surface area contributed by atoms with Crippen molar-refractivity contribution in [3.05, 3.63) is 89.6 Å². The van der Waals surface area contributed by atoms with Gasteiger partial charge in [0.2, 0.25) is 5.91 Å². The first-order valence-electron chi connectivity index (χ1n) is 10.4. The van der Waals surface area contributed by atoms with Gasteiger partial charge in [-0.1, -0.05) is 35.9 Å². The minimum Gasteiger partial charge on any atom is -0.497 e. The predicted molar refractivity (Wildman–Crippen MR) is 128 cm³/mol. The van der Waals surface area contributed by atoms with Crippen molar-refractivity contribution in [2.75, 3.05) is 22.6 Å². The van der Waals surface area contributed by atoms with Crippen LogP contribution in [0.1, 0.15) is 18.1 Å². The maximum absolute atomic E-state index is 13.5. The molecular formula is C26H23N3O4. The fourth-order valence-electron chi connectivity index (χ4n) is 3.61. The molecule has 0 saturated heterocycles. The van der Waals surface area contributed by atoms with Crippen LogP contribution in [-0.4, -0.2) is 24.8 Å². The number of imide groups is 1. The van der Waals surface area contributed by atoms with E-state index < -0.39 is 11.8 Å². The highest BCUT2D eigenvalue weighted by atomic mass is 16.5. The molecule has 0 radical (unpaired) electrons. The molecular weight excluding hydrogens is 418 g/mol. The zero-order chi connectivity index (χ0) is 23.5. The monoisotopic (exact) mass is 441 g/mol. The number of amides is 3. The van der Waals surface area contributed by atoms with Gasteiger partial charge >= 0.3 is 0 Å². The molecule has 33 heavy (non-hydrogen) atoms. The number of anilines is 3. The number of methoxy groups -OCH3 is 1. The molecule has 1 aliphatic heterocycles. The molecule has 0 spiro atoms. The fourth-order valence-corrected chi connectivity index (χ4v) is 3.61. The molecule has 3 amide bonds. The molecule has 3 aromatic rings. The smallest absolute Gasteiger partial charge is 0.282 e. The highest BCUT2D eigenvalue weighted by Crippen LogP contribution is 2.34. The molecule has 1 aliphatic rings. The van der Waals surface area contributed by atoms with Crippen molar-refractivity contribution in [1.29, 1.82) is 0 Å². The van der Waals surface area contributed by atoms with Gasteiger partial charge in [0.1, 0.15) is 11.4 Å². The molecule has 0 aliphatic carbocycles. The van der Waals surface area contributed by atoms with E-state index in [1.807, 2.05) is 31.2 Å². The Morgan fingerprint density at radius 3 is 2.21 bits per heavy atom. The van der Waals surface area contributed by atoms with E-state index in [-0.39, 0.29) is 17.2 Å². The van der Waals surface area contributed by atoms with Crippen molar-refractivity contribution in [1.82, 2.24) is 0 Å². The summed E-state index contributed by atoms with van der Waals surface area (Å²) in [7, 11) is 1.56. The van der Waals surface area contributed by atoms with Crippen LogP contribution in [0.3, 0.4) is 0 Å². The topological polar surface area (TPSA) is 87.7 Å². The molecule has 0 aromatic heterocycles. The highest BCUT2D eigenvalue weighted by molar-refractivity contribution is 6.46.